The summed E-state index contributed by atoms with van der Waals surface area (Å²) in [5.41, 5.74) is 5.04. The number of hydrogen-bond donors (Lipinski definition) is 2. The first kappa shape index (κ1) is 11.7. The molecule has 3 N–H and O–H groups in total. The van der Waals surface area contributed by atoms with E-state index < -0.39 is 24.8 Å². The van der Waals surface area contributed by atoms with E-state index in [0.29, 0.717) is 0 Å². The first-order valence-electron chi connectivity index (χ1n) is 3.25. The molecular weight excluding hydrogens is 185 g/mol. The van der Waals surface area contributed by atoms with Gasteiger partial charge in [0, 0.05) is 0 Å². The molecule has 2 unspecified atom stereocenters. The standard InChI is InChI=1S/C6H7F3N4/c7-6(8,9)3-13-5(2-11)4(12)1-10/h4-5,13H,3,12H2. The predicted octanol–water partition coefficient (Wildman–Crippen LogP) is -0.119. The zero-order valence-corrected chi connectivity index (χ0v) is 6.47. The zero-order chi connectivity index (χ0) is 10.5. The van der Waals surface area contributed by atoms with Crippen LogP contribution in [0.5, 0.6) is 0 Å². The summed E-state index contributed by atoms with van der Waals surface area (Å²) in [5, 5.41) is 18.4. The molecule has 0 aromatic heterocycles. The van der Waals surface area contributed by atoms with Crippen LogP contribution in [0, 0.1) is 22.7 Å². The molecule has 2 atom stereocenters. The Morgan fingerprint density at radius 3 is 2.15 bits per heavy atom. The molecule has 4 nitrogen and oxygen atoms in total. The van der Waals surface area contributed by atoms with Crippen molar-refractivity contribution in [2.75, 3.05) is 6.54 Å². The summed E-state index contributed by atoms with van der Waals surface area (Å²) in [4.78, 5) is 0. The topological polar surface area (TPSA) is 85.6 Å². The van der Waals surface area contributed by atoms with Crippen LogP contribution in [0.4, 0.5) is 13.2 Å². The van der Waals surface area contributed by atoms with Gasteiger partial charge in [-0.3, -0.25) is 5.32 Å². The molecule has 72 valence electrons. The van der Waals surface area contributed by atoms with Crippen LogP contribution < -0.4 is 11.1 Å². The summed E-state index contributed by atoms with van der Waals surface area (Å²) < 4.78 is 34.9. The van der Waals surface area contributed by atoms with Crippen molar-refractivity contribution in [3.05, 3.63) is 0 Å². The SMILES string of the molecule is N#CC(N)C(C#N)NCC(F)(F)F. The lowest BCUT2D eigenvalue weighted by Gasteiger charge is -2.14. The number of nitrogens with one attached hydrogen (secondary N) is 1. The van der Waals surface area contributed by atoms with Crippen molar-refractivity contribution in [3.63, 3.8) is 0 Å². The molecule has 0 bridgehead atoms. The minimum absolute atomic E-state index is 1.26. The lowest BCUT2D eigenvalue weighted by Crippen LogP contribution is -2.46. The van der Waals surface area contributed by atoms with Gasteiger partial charge in [-0.2, -0.15) is 23.7 Å². The largest absolute Gasteiger partial charge is 0.401 e. The molecule has 0 amide bonds. The molecule has 0 spiro atoms. The summed E-state index contributed by atoms with van der Waals surface area (Å²) in [6, 6.07) is 0.388. The lowest BCUT2D eigenvalue weighted by molar-refractivity contribution is -0.125. The van der Waals surface area contributed by atoms with E-state index in [1.54, 1.807) is 0 Å². The molecule has 7 heteroatoms. The van der Waals surface area contributed by atoms with E-state index in [2.05, 4.69) is 0 Å². The van der Waals surface area contributed by atoms with Gasteiger partial charge in [-0.25, -0.2) is 0 Å². The van der Waals surface area contributed by atoms with Gasteiger partial charge < -0.3 is 5.73 Å². The van der Waals surface area contributed by atoms with E-state index in [9.17, 15) is 13.2 Å². The van der Waals surface area contributed by atoms with Crippen LogP contribution in [-0.2, 0) is 0 Å². The number of alkyl halides is 3. The Hall–Kier alpha value is -1.31. The molecule has 0 saturated carbocycles. The molecule has 0 aliphatic carbocycles. The molecule has 0 aromatic rings. The van der Waals surface area contributed by atoms with Crippen LogP contribution in [0.2, 0.25) is 0 Å². The minimum atomic E-state index is -4.41. The van der Waals surface area contributed by atoms with Gasteiger partial charge in [0.15, 0.2) is 0 Å². The van der Waals surface area contributed by atoms with E-state index >= 15 is 0 Å². The highest BCUT2D eigenvalue weighted by Crippen LogP contribution is 2.12. The third-order valence-electron chi connectivity index (χ3n) is 1.17. The smallest absolute Gasteiger partial charge is 0.314 e. The minimum Gasteiger partial charge on any atom is -0.314 e. The third kappa shape index (κ3) is 5.01. The number of nitriles is 2. The van der Waals surface area contributed by atoms with Gasteiger partial charge in [0.25, 0.3) is 0 Å². The maximum Gasteiger partial charge on any atom is 0.401 e. The Morgan fingerprint density at radius 1 is 1.31 bits per heavy atom. The Balaban J connectivity index is 4.04. The fourth-order valence-corrected chi connectivity index (χ4v) is 0.553. The van der Waals surface area contributed by atoms with Crippen molar-refractivity contribution < 1.29 is 13.2 Å². The van der Waals surface area contributed by atoms with Gasteiger partial charge in [-0.05, 0) is 0 Å². The van der Waals surface area contributed by atoms with Crippen LogP contribution in [0.15, 0.2) is 0 Å². The number of rotatable bonds is 3. The Bertz CT molecular complexity index is 236. The monoisotopic (exact) mass is 192 g/mol. The molecule has 0 aliphatic rings. The summed E-state index contributed by atoms with van der Waals surface area (Å²) in [7, 11) is 0. The van der Waals surface area contributed by atoms with Gasteiger partial charge in [-0.15, -0.1) is 0 Å². The molecule has 0 radical (unpaired) electrons. The average Bonchev–Trinajstić information content (AvgIpc) is 2.03. The number of halogens is 3. The summed E-state index contributed by atoms with van der Waals surface area (Å²) in [6.07, 6.45) is -4.41. The first-order valence-corrected chi connectivity index (χ1v) is 3.25. The van der Waals surface area contributed by atoms with Gasteiger partial charge in [-0.1, -0.05) is 0 Å². The number of nitrogens with zero attached hydrogens (tertiary/aromatic N) is 2. The van der Waals surface area contributed by atoms with E-state index in [-0.39, 0.29) is 0 Å². The maximum absolute atomic E-state index is 11.6. The average molecular weight is 192 g/mol. The van der Waals surface area contributed by atoms with Gasteiger partial charge in [0.2, 0.25) is 0 Å². The molecule has 0 rings (SSSR count). The zero-order valence-electron chi connectivity index (χ0n) is 6.47. The predicted molar refractivity (Wildman–Crippen MR) is 37.0 cm³/mol. The van der Waals surface area contributed by atoms with Crippen molar-refractivity contribution >= 4 is 0 Å². The maximum atomic E-state index is 11.6. The molecule has 0 aromatic carbocycles. The second-order valence-corrected chi connectivity index (χ2v) is 2.26. The Kier molecular flexibility index (Phi) is 4.18. The highest BCUT2D eigenvalue weighted by molar-refractivity contribution is 5.07. The highest BCUT2D eigenvalue weighted by Gasteiger charge is 2.29. The van der Waals surface area contributed by atoms with Crippen molar-refractivity contribution in [2.24, 2.45) is 5.73 Å². The van der Waals surface area contributed by atoms with Crippen LogP contribution in [-0.4, -0.2) is 24.8 Å². The van der Waals surface area contributed by atoms with E-state index in [1.807, 2.05) is 5.32 Å². The Morgan fingerprint density at radius 2 is 1.85 bits per heavy atom. The fraction of sp³-hybridized carbons (Fsp3) is 0.667. The quantitative estimate of drug-likeness (QED) is 0.652. The Labute approximate surface area is 72.7 Å². The highest BCUT2D eigenvalue weighted by atomic mass is 19.4. The number of nitrogens with two attached hydrogens (primary N) is 1. The van der Waals surface area contributed by atoms with Gasteiger partial charge in [0.05, 0.1) is 18.7 Å². The van der Waals surface area contributed by atoms with E-state index in [4.69, 9.17) is 16.3 Å². The van der Waals surface area contributed by atoms with E-state index in [0.717, 1.165) is 0 Å². The summed E-state index contributed by atoms with van der Waals surface area (Å²) in [6.45, 7) is -1.33. The van der Waals surface area contributed by atoms with Gasteiger partial charge in [0.1, 0.15) is 12.1 Å². The molecule has 0 aliphatic heterocycles. The molecular formula is C6H7F3N4. The van der Waals surface area contributed by atoms with Crippen LogP contribution in [0.25, 0.3) is 0 Å². The summed E-state index contributed by atoms with van der Waals surface area (Å²) >= 11 is 0. The molecule has 0 saturated heterocycles. The van der Waals surface area contributed by atoms with Crippen molar-refractivity contribution in [3.8, 4) is 12.1 Å². The second-order valence-electron chi connectivity index (χ2n) is 2.26. The third-order valence-corrected chi connectivity index (χ3v) is 1.17. The van der Waals surface area contributed by atoms with Crippen LogP contribution in [0.3, 0.4) is 0 Å². The summed E-state index contributed by atoms with van der Waals surface area (Å²) in [5.74, 6) is 0. The van der Waals surface area contributed by atoms with E-state index in [1.165, 1.54) is 12.1 Å². The second kappa shape index (κ2) is 4.65. The lowest BCUT2D eigenvalue weighted by atomic mass is 10.2. The first-order chi connectivity index (χ1) is 5.90. The fourth-order valence-electron chi connectivity index (χ4n) is 0.553. The molecule has 0 fully saturated rings. The van der Waals surface area contributed by atoms with Crippen LogP contribution >= 0.6 is 0 Å². The van der Waals surface area contributed by atoms with Crippen LogP contribution in [0.1, 0.15) is 0 Å². The van der Waals surface area contributed by atoms with Crippen molar-refractivity contribution in [1.29, 1.82) is 10.5 Å². The van der Waals surface area contributed by atoms with Crippen molar-refractivity contribution in [1.82, 2.24) is 5.32 Å². The molecule has 0 heterocycles. The van der Waals surface area contributed by atoms with Crippen molar-refractivity contribution in [2.45, 2.75) is 18.3 Å². The number of hydrogen-bond acceptors (Lipinski definition) is 4. The van der Waals surface area contributed by atoms with Gasteiger partial charge >= 0.3 is 6.18 Å². The molecule has 13 heavy (non-hydrogen) atoms. The normalized spacial score (nSPS) is 15.5.